The number of carbonyl (C=O) groups excluding carboxylic acids is 1. The summed E-state index contributed by atoms with van der Waals surface area (Å²) in [5, 5.41) is 8.01. The first-order valence-corrected chi connectivity index (χ1v) is 7.02. The molecule has 108 valence electrons. The van der Waals surface area contributed by atoms with Gasteiger partial charge in [-0.05, 0) is 25.5 Å². The molecule has 1 N–H and O–H groups in total. The van der Waals surface area contributed by atoms with Crippen LogP contribution in [0.4, 0.5) is 5.82 Å². The molecule has 0 saturated carbocycles. The van der Waals surface area contributed by atoms with Crippen LogP contribution in [-0.4, -0.2) is 15.7 Å². The molecule has 1 aromatic carbocycles. The van der Waals surface area contributed by atoms with Gasteiger partial charge in [-0.1, -0.05) is 25.1 Å². The highest BCUT2D eigenvalue weighted by atomic mass is 16.3. The second-order valence-corrected chi connectivity index (χ2v) is 5.02. The predicted molar refractivity (Wildman–Crippen MR) is 81.4 cm³/mol. The summed E-state index contributed by atoms with van der Waals surface area (Å²) >= 11 is 0. The number of hydrogen-bond acceptors (Lipinski definition) is 3. The van der Waals surface area contributed by atoms with Crippen molar-refractivity contribution in [3.8, 4) is 0 Å². The molecule has 0 bridgehead atoms. The molecule has 3 rings (SSSR count). The standard InChI is InChI=1S/C16H17N3O2/c1-3-11(2)19-15(8-9-17-19)18-16(20)14-10-12-6-4-5-7-13(12)21-14/h4-11H,3H2,1-2H3,(H,18,20). The van der Waals surface area contributed by atoms with E-state index in [4.69, 9.17) is 4.42 Å². The molecule has 0 aliphatic carbocycles. The third-order valence-electron chi connectivity index (χ3n) is 3.57. The highest BCUT2D eigenvalue weighted by Gasteiger charge is 2.15. The van der Waals surface area contributed by atoms with E-state index in [9.17, 15) is 4.79 Å². The Morgan fingerprint density at radius 1 is 1.38 bits per heavy atom. The maximum absolute atomic E-state index is 12.3. The number of amides is 1. The van der Waals surface area contributed by atoms with E-state index in [1.165, 1.54) is 0 Å². The number of rotatable bonds is 4. The van der Waals surface area contributed by atoms with Gasteiger partial charge < -0.3 is 9.73 Å². The first-order chi connectivity index (χ1) is 10.2. The van der Waals surface area contributed by atoms with Crippen molar-refractivity contribution in [2.75, 3.05) is 5.32 Å². The average Bonchev–Trinajstić information content (AvgIpc) is 3.12. The van der Waals surface area contributed by atoms with Crippen LogP contribution in [0, 0.1) is 0 Å². The van der Waals surface area contributed by atoms with E-state index in [1.807, 2.05) is 24.3 Å². The van der Waals surface area contributed by atoms with Crippen molar-refractivity contribution in [2.45, 2.75) is 26.3 Å². The van der Waals surface area contributed by atoms with Crippen LogP contribution in [0.15, 0.2) is 47.0 Å². The first-order valence-electron chi connectivity index (χ1n) is 7.02. The van der Waals surface area contributed by atoms with E-state index in [2.05, 4.69) is 24.3 Å². The number of benzene rings is 1. The van der Waals surface area contributed by atoms with E-state index < -0.39 is 0 Å². The molecule has 1 amide bonds. The van der Waals surface area contributed by atoms with Crippen molar-refractivity contribution in [3.05, 3.63) is 48.4 Å². The molecule has 0 saturated heterocycles. The Morgan fingerprint density at radius 3 is 2.95 bits per heavy atom. The van der Waals surface area contributed by atoms with Gasteiger partial charge in [-0.25, -0.2) is 4.68 Å². The largest absolute Gasteiger partial charge is 0.451 e. The second kappa shape index (κ2) is 5.44. The fraction of sp³-hybridized carbons (Fsp3) is 0.250. The molecule has 0 aliphatic rings. The Balaban J connectivity index is 1.85. The van der Waals surface area contributed by atoms with Crippen molar-refractivity contribution in [1.29, 1.82) is 0 Å². The van der Waals surface area contributed by atoms with E-state index in [0.29, 0.717) is 17.2 Å². The normalized spacial score (nSPS) is 12.5. The van der Waals surface area contributed by atoms with Gasteiger partial charge in [0.2, 0.25) is 0 Å². The van der Waals surface area contributed by atoms with Gasteiger partial charge in [0, 0.05) is 11.5 Å². The number of furan rings is 1. The number of anilines is 1. The van der Waals surface area contributed by atoms with Gasteiger partial charge in [-0.3, -0.25) is 4.79 Å². The maximum atomic E-state index is 12.3. The van der Waals surface area contributed by atoms with Gasteiger partial charge in [0.05, 0.1) is 12.2 Å². The second-order valence-electron chi connectivity index (χ2n) is 5.02. The number of hydrogen-bond donors (Lipinski definition) is 1. The molecule has 5 heteroatoms. The summed E-state index contributed by atoms with van der Waals surface area (Å²) in [6, 6.07) is 11.3. The van der Waals surface area contributed by atoms with Crippen molar-refractivity contribution < 1.29 is 9.21 Å². The number of fused-ring (bicyclic) bond motifs is 1. The van der Waals surface area contributed by atoms with E-state index >= 15 is 0 Å². The van der Waals surface area contributed by atoms with Crippen LogP contribution >= 0.6 is 0 Å². The summed E-state index contributed by atoms with van der Waals surface area (Å²) in [5.41, 5.74) is 0.707. The summed E-state index contributed by atoms with van der Waals surface area (Å²) in [6.07, 6.45) is 2.62. The van der Waals surface area contributed by atoms with Crippen molar-refractivity contribution in [3.63, 3.8) is 0 Å². The maximum Gasteiger partial charge on any atom is 0.292 e. The fourth-order valence-electron chi connectivity index (χ4n) is 2.21. The lowest BCUT2D eigenvalue weighted by Crippen LogP contribution is -2.16. The van der Waals surface area contributed by atoms with Crippen LogP contribution in [0.25, 0.3) is 11.0 Å². The van der Waals surface area contributed by atoms with Crippen LogP contribution in [-0.2, 0) is 0 Å². The molecule has 0 radical (unpaired) electrons. The third kappa shape index (κ3) is 2.54. The van der Waals surface area contributed by atoms with E-state index in [1.54, 1.807) is 23.0 Å². The Kier molecular flexibility index (Phi) is 3.48. The van der Waals surface area contributed by atoms with Gasteiger partial charge in [0.1, 0.15) is 11.4 Å². The highest BCUT2D eigenvalue weighted by molar-refractivity contribution is 6.04. The van der Waals surface area contributed by atoms with Crippen LogP contribution in [0.5, 0.6) is 0 Å². The topological polar surface area (TPSA) is 60.1 Å². The fourth-order valence-corrected chi connectivity index (χ4v) is 2.21. The number of nitrogens with one attached hydrogen (secondary N) is 1. The van der Waals surface area contributed by atoms with E-state index in [0.717, 1.165) is 11.8 Å². The number of aromatic nitrogens is 2. The van der Waals surface area contributed by atoms with E-state index in [-0.39, 0.29) is 11.9 Å². The molecule has 0 spiro atoms. The van der Waals surface area contributed by atoms with Crippen LogP contribution in [0.3, 0.4) is 0 Å². The van der Waals surface area contributed by atoms with Crippen LogP contribution in [0.1, 0.15) is 36.9 Å². The Morgan fingerprint density at radius 2 is 2.19 bits per heavy atom. The van der Waals surface area contributed by atoms with Crippen LogP contribution < -0.4 is 5.32 Å². The molecule has 21 heavy (non-hydrogen) atoms. The molecule has 2 heterocycles. The molecule has 1 unspecified atom stereocenters. The van der Waals surface area contributed by atoms with Gasteiger partial charge in [-0.2, -0.15) is 5.10 Å². The smallest absolute Gasteiger partial charge is 0.292 e. The van der Waals surface area contributed by atoms with Gasteiger partial charge in [-0.15, -0.1) is 0 Å². The summed E-state index contributed by atoms with van der Waals surface area (Å²) in [5.74, 6) is 0.708. The van der Waals surface area contributed by atoms with Gasteiger partial charge >= 0.3 is 0 Å². The zero-order valence-electron chi connectivity index (χ0n) is 12.0. The third-order valence-corrected chi connectivity index (χ3v) is 3.57. The Labute approximate surface area is 122 Å². The number of para-hydroxylation sites is 1. The molecule has 3 aromatic rings. The minimum Gasteiger partial charge on any atom is -0.451 e. The summed E-state index contributed by atoms with van der Waals surface area (Å²) in [7, 11) is 0. The summed E-state index contributed by atoms with van der Waals surface area (Å²) < 4.78 is 7.37. The molecule has 0 aliphatic heterocycles. The predicted octanol–water partition coefficient (Wildman–Crippen LogP) is 3.85. The molecular formula is C16H17N3O2. The van der Waals surface area contributed by atoms with Gasteiger partial charge in [0.25, 0.3) is 5.91 Å². The number of carbonyl (C=O) groups is 1. The number of nitrogens with zero attached hydrogens (tertiary/aromatic N) is 2. The molecule has 5 nitrogen and oxygen atoms in total. The molecular weight excluding hydrogens is 266 g/mol. The summed E-state index contributed by atoms with van der Waals surface area (Å²) in [6.45, 7) is 4.14. The van der Waals surface area contributed by atoms with Crippen LogP contribution in [0.2, 0.25) is 0 Å². The minimum atomic E-state index is -0.267. The Bertz CT molecular complexity index is 740. The van der Waals surface area contributed by atoms with Gasteiger partial charge in [0.15, 0.2) is 5.76 Å². The van der Waals surface area contributed by atoms with Crippen molar-refractivity contribution in [2.24, 2.45) is 0 Å². The van der Waals surface area contributed by atoms with Crippen molar-refractivity contribution in [1.82, 2.24) is 9.78 Å². The first kappa shape index (κ1) is 13.4. The SMILES string of the molecule is CCC(C)n1nccc1NC(=O)c1cc2ccccc2o1. The zero-order chi connectivity index (χ0) is 14.8. The monoisotopic (exact) mass is 283 g/mol. The lowest BCUT2D eigenvalue weighted by Gasteiger charge is -2.13. The average molecular weight is 283 g/mol. The highest BCUT2D eigenvalue weighted by Crippen LogP contribution is 2.21. The summed E-state index contributed by atoms with van der Waals surface area (Å²) in [4.78, 5) is 12.3. The quantitative estimate of drug-likeness (QED) is 0.791. The Hall–Kier alpha value is -2.56. The minimum absolute atomic E-state index is 0.228. The molecule has 2 aromatic heterocycles. The molecule has 0 fully saturated rings. The lowest BCUT2D eigenvalue weighted by atomic mass is 10.2. The van der Waals surface area contributed by atoms with Crippen molar-refractivity contribution >= 4 is 22.7 Å². The lowest BCUT2D eigenvalue weighted by molar-refractivity contribution is 0.0997. The zero-order valence-corrected chi connectivity index (χ0v) is 12.0. The molecule has 1 atom stereocenters.